The van der Waals surface area contributed by atoms with Crippen LogP contribution in [0.4, 0.5) is 0 Å². The highest BCUT2D eigenvalue weighted by atomic mass is 32.2. The molecule has 2 rings (SSSR count). The van der Waals surface area contributed by atoms with Gasteiger partial charge in [-0.25, -0.2) is 9.97 Å². The molecule has 18 heavy (non-hydrogen) atoms. The number of benzene rings is 1. The van der Waals surface area contributed by atoms with Crippen molar-refractivity contribution in [1.82, 2.24) is 9.97 Å². The fourth-order valence-corrected chi connectivity index (χ4v) is 2.28. The summed E-state index contributed by atoms with van der Waals surface area (Å²) in [6, 6.07) is 11.3. The molecule has 0 N–H and O–H groups in total. The molecule has 0 atom stereocenters. The molecule has 1 heterocycles. The van der Waals surface area contributed by atoms with Gasteiger partial charge >= 0.3 is 0 Å². The van der Waals surface area contributed by atoms with Gasteiger partial charge in [-0.15, -0.1) is 0 Å². The fraction of sp³-hybridized carbons (Fsp3) is 0.154. The Morgan fingerprint density at radius 1 is 1.28 bits per heavy atom. The number of hydrogen-bond donors (Lipinski definition) is 0. The Morgan fingerprint density at radius 3 is 2.83 bits per heavy atom. The van der Waals surface area contributed by atoms with E-state index in [0.717, 1.165) is 16.3 Å². The number of aryl methyl sites for hydroxylation is 1. The van der Waals surface area contributed by atoms with Crippen molar-refractivity contribution >= 4 is 11.8 Å². The van der Waals surface area contributed by atoms with Crippen molar-refractivity contribution in [2.45, 2.75) is 17.0 Å². The summed E-state index contributed by atoms with van der Waals surface area (Å²) >= 11 is 1.41. The second kappa shape index (κ2) is 5.52. The average Bonchev–Trinajstić information content (AvgIpc) is 2.38. The minimum absolute atomic E-state index is 0.382. The lowest BCUT2D eigenvalue weighted by Gasteiger charge is -2.04. The van der Waals surface area contributed by atoms with Crippen molar-refractivity contribution in [1.29, 1.82) is 5.26 Å². The van der Waals surface area contributed by atoms with Crippen LogP contribution in [0.5, 0.6) is 5.75 Å². The van der Waals surface area contributed by atoms with Gasteiger partial charge in [0.2, 0.25) is 0 Å². The monoisotopic (exact) mass is 257 g/mol. The van der Waals surface area contributed by atoms with Crippen LogP contribution in [-0.2, 0) is 0 Å². The maximum atomic E-state index is 8.87. The summed E-state index contributed by atoms with van der Waals surface area (Å²) in [4.78, 5) is 9.42. The van der Waals surface area contributed by atoms with Crippen LogP contribution in [0.25, 0.3) is 0 Å². The van der Waals surface area contributed by atoms with Crippen LogP contribution in [0.2, 0.25) is 0 Å². The molecule has 0 saturated carbocycles. The Kier molecular flexibility index (Phi) is 3.80. The van der Waals surface area contributed by atoms with Crippen LogP contribution >= 0.6 is 11.8 Å². The molecule has 0 saturated heterocycles. The lowest BCUT2D eigenvalue weighted by atomic mass is 10.3. The maximum Gasteiger partial charge on any atom is 0.193 e. The Hall–Kier alpha value is -2.06. The Morgan fingerprint density at radius 2 is 2.11 bits per heavy atom. The standard InChI is InChI=1S/C13H11N3OS/c1-9-6-10(8-14)16-13(15-9)18-12-5-3-4-11(7-12)17-2/h3-7H,1-2H3. The molecule has 0 spiro atoms. The van der Waals surface area contributed by atoms with E-state index >= 15 is 0 Å². The van der Waals surface area contributed by atoms with Crippen molar-refractivity contribution in [3.63, 3.8) is 0 Å². The Labute approximate surface area is 110 Å². The summed E-state index contributed by atoms with van der Waals surface area (Å²) in [6.07, 6.45) is 0. The largest absolute Gasteiger partial charge is 0.497 e. The summed E-state index contributed by atoms with van der Waals surface area (Å²) in [7, 11) is 1.63. The lowest BCUT2D eigenvalue weighted by molar-refractivity contribution is 0.413. The quantitative estimate of drug-likeness (QED) is 0.791. The van der Waals surface area contributed by atoms with Crippen LogP contribution < -0.4 is 4.74 Å². The second-order valence-corrected chi connectivity index (χ2v) is 4.61. The molecule has 4 nitrogen and oxygen atoms in total. The minimum atomic E-state index is 0.382. The lowest BCUT2D eigenvalue weighted by Crippen LogP contribution is -1.93. The molecule has 90 valence electrons. The number of nitrogens with zero attached hydrogens (tertiary/aromatic N) is 3. The Bertz CT molecular complexity index is 607. The molecule has 5 heteroatoms. The molecule has 0 amide bonds. The van der Waals surface area contributed by atoms with E-state index in [4.69, 9.17) is 10.00 Å². The number of rotatable bonds is 3. The van der Waals surface area contributed by atoms with E-state index in [1.807, 2.05) is 37.3 Å². The molecule has 0 unspecified atom stereocenters. The van der Waals surface area contributed by atoms with E-state index in [2.05, 4.69) is 9.97 Å². The van der Waals surface area contributed by atoms with Crippen LogP contribution in [0.3, 0.4) is 0 Å². The predicted molar refractivity (Wildman–Crippen MR) is 68.6 cm³/mol. The highest BCUT2D eigenvalue weighted by molar-refractivity contribution is 7.99. The summed E-state index contributed by atoms with van der Waals surface area (Å²) in [5.74, 6) is 0.785. The van der Waals surface area contributed by atoms with Gasteiger partial charge in [0.1, 0.15) is 17.5 Å². The fourth-order valence-electron chi connectivity index (χ4n) is 1.41. The first-order chi connectivity index (χ1) is 8.71. The van der Waals surface area contributed by atoms with Gasteiger partial charge in [0.05, 0.1) is 7.11 Å². The first-order valence-corrected chi connectivity index (χ1v) is 6.10. The number of aromatic nitrogens is 2. The van der Waals surface area contributed by atoms with Crippen molar-refractivity contribution in [3.8, 4) is 11.8 Å². The molecule has 0 aliphatic carbocycles. The molecule has 0 bridgehead atoms. The van der Waals surface area contributed by atoms with Crippen molar-refractivity contribution in [3.05, 3.63) is 41.7 Å². The van der Waals surface area contributed by atoms with Gasteiger partial charge in [-0.05, 0) is 43.0 Å². The third kappa shape index (κ3) is 2.99. The third-order valence-corrected chi connectivity index (χ3v) is 3.05. The summed E-state index contributed by atoms with van der Waals surface area (Å²) in [5, 5.41) is 9.43. The number of hydrogen-bond acceptors (Lipinski definition) is 5. The predicted octanol–water partition coefficient (Wildman–Crippen LogP) is 2.82. The van der Waals surface area contributed by atoms with E-state index in [-0.39, 0.29) is 0 Å². The zero-order valence-electron chi connectivity index (χ0n) is 10.0. The van der Waals surface area contributed by atoms with E-state index in [0.29, 0.717) is 10.9 Å². The van der Waals surface area contributed by atoms with Gasteiger partial charge < -0.3 is 4.74 Å². The highest BCUT2D eigenvalue weighted by Crippen LogP contribution is 2.27. The summed E-state index contributed by atoms with van der Waals surface area (Å²) in [6.45, 7) is 1.85. The van der Waals surface area contributed by atoms with E-state index in [9.17, 15) is 0 Å². The maximum absolute atomic E-state index is 8.87. The van der Waals surface area contributed by atoms with Gasteiger partial charge in [0.15, 0.2) is 5.16 Å². The average molecular weight is 257 g/mol. The smallest absolute Gasteiger partial charge is 0.193 e. The first-order valence-electron chi connectivity index (χ1n) is 5.29. The number of nitriles is 1. The molecule has 2 aromatic rings. The second-order valence-electron chi connectivity index (χ2n) is 3.57. The molecule has 0 aliphatic heterocycles. The zero-order valence-corrected chi connectivity index (χ0v) is 10.9. The van der Waals surface area contributed by atoms with Crippen LogP contribution in [0.15, 0.2) is 40.4 Å². The molecular weight excluding hydrogens is 246 g/mol. The van der Waals surface area contributed by atoms with Crippen LogP contribution in [0.1, 0.15) is 11.4 Å². The van der Waals surface area contributed by atoms with E-state index < -0.39 is 0 Å². The SMILES string of the molecule is COc1cccc(Sc2nc(C)cc(C#N)n2)c1. The van der Waals surface area contributed by atoms with Gasteiger partial charge in [-0.2, -0.15) is 5.26 Å². The van der Waals surface area contributed by atoms with Crippen LogP contribution in [0, 0.1) is 18.3 Å². The normalized spacial score (nSPS) is 9.83. The van der Waals surface area contributed by atoms with Crippen molar-refractivity contribution in [2.75, 3.05) is 7.11 Å². The number of methoxy groups -OCH3 is 1. The minimum Gasteiger partial charge on any atom is -0.497 e. The highest BCUT2D eigenvalue weighted by Gasteiger charge is 2.05. The van der Waals surface area contributed by atoms with Crippen molar-refractivity contribution < 1.29 is 4.74 Å². The molecule has 1 aromatic carbocycles. The number of ether oxygens (including phenoxy) is 1. The molecule has 1 aromatic heterocycles. The molecule has 0 radical (unpaired) electrons. The molecule has 0 aliphatic rings. The van der Waals surface area contributed by atoms with E-state index in [1.54, 1.807) is 13.2 Å². The van der Waals surface area contributed by atoms with Gasteiger partial charge in [-0.3, -0.25) is 0 Å². The summed E-state index contributed by atoms with van der Waals surface area (Å²) < 4.78 is 5.15. The van der Waals surface area contributed by atoms with Crippen molar-refractivity contribution in [2.24, 2.45) is 0 Å². The van der Waals surface area contributed by atoms with Gasteiger partial charge in [-0.1, -0.05) is 6.07 Å². The first kappa shape index (κ1) is 12.4. The molecule has 0 fully saturated rings. The molecular formula is C13H11N3OS. The Balaban J connectivity index is 2.28. The third-order valence-electron chi connectivity index (χ3n) is 2.20. The van der Waals surface area contributed by atoms with Gasteiger partial charge in [0, 0.05) is 10.6 Å². The topological polar surface area (TPSA) is 58.8 Å². The zero-order chi connectivity index (χ0) is 13.0. The van der Waals surface area contributed by atoms with Gasteiger partial charge in [0.25, 0.3) is 0 Å². The summed E-state index contributed by atoms with van der Waals surface area (Å²) in [5.41, 5.74) is 1.17. The van der Waals surface area contributed by atoms with E-state index in [1.165, 1.54) is 11.8 Å². The van der Waals surface area contributed by atoms with Crippen LogP contribution in [-0.4, -0.2) is 17.1 Å².